The second-order valence-electron chi connectivity index (χ2n) is 8.50. The highest BCUT2D eigenvalue weighted by Gasteiger charge is 2.18. The van der Waals surface area contributed by atoms with Gasteiger partial charge >= 0.3 is 0 Å². The monoisotopic (exact) mass is 486 g/mol. The van der Waals surface area contributed by atoms with E-state index >= 15 is 0 Å². The fraction of sp³-hybridized carbons (Fsp3) is 0.0690. The Morgan fingerprint density at radius 2 is 1.81 bits per heavy atom. The molecule has 5 heterocycles. The maximum Gasteiger partial charge on any atom is 0.279 e. The zero-order valence-electron chi connectivity index (χ0n) is 19.8. The largest absolute Gasteiger partial charge is 0.467 e. The Morgan fingerprint density at radius 1 is 0.919 bits per heavy atom. The van der Waals surface area contributed by atoms with E-state index < -0.39 is 0 Å². The Balaban J connectivity index is 1.46. The molecule has 0 saturated heterocycles. The van der Waals surface area contributed by atoms with Gasteiger partial charge in [-0.05, 0) is 48.0 Å². The number of carbonyl (C=O) groups excluding carboxylic acids is 1. The molecule has 0 radical (unpaired) electrons. The van der Waals surface area contributed by atoms with Crippen molar-refractivity contribution in [2.24, 2.45) is 4.99 Å². The quantitative estimate of drug-likeness (QED) is 0.340. The zero-order valence-corrected chi connectivity index (χ0v) is 19.8. The van der Waals surface area contributed by atoms with Crippen LogP contribution < -0.4 is 5.49 Å². The van der Waals surface area contributed by atoms with Gasteiger partial charge in [-0.2, -0.15) is 10.1 Å². The Morgan fingerprint density at radius 3 is 2.62 bits per heavy atom. The van der Waals surface area contributed by atoms with E-state index in [2.05, 4.69) is 15.1 Å². The van der Waals surface area contributed by atoms with E-state index in [9.17, 15) is 4.79 Å². The number of furan rings is 1. The van der Waals surface area contributed by atoms with Crippen LogP contribution in [0.5, 0.6) is 0 Å². The van der Waals surface area contributed by atoms with Crippen LogP contribution in [0.3, 0.4) is 0 Å². The van der Waals surface area contributed by atoms with Gasteiger partial charge in [0.05, 0.1) is 29.1 Å². The fourth-order valence-electron chi connectivity index (χ4n) is 4.20. The van der Waals surface area contributed by atoms with E-state index in [4.69, 9.17) is 9.40 Å². The average molecular weight is 487 g/mol. The Hall–Kier alpha value is -5.11. The molecule has 180 valence electrons. The molecule has 8 nitrogen and oxygen atoms in total. The number of rotatable bonds is 6. The third kappa shape index (κ3) is 4.72. The maximum atomic E-state index is 13.7. The molecule has 0 atom stereocenters. The summed E-state index contributed by atoms with van der Waals surface area (Å²) >= 11 is 0. The lowest BCUT2D eigenvalue weighted by Gasteiger charge is -2.08. The van der Waals surface area contributed by atoms with E-state index in [1.807, 2.05) is 83.6 Å². The first kappa shape index (κ1) is 22.4. The molecular formula is C29H22N6O2. The van der Waals surface area contributed by atoms with E-state index in [-0.39, 0.29) is 5.91 Å². The molecule has 0 aliphatic heterocycles. The Bertz CT molecular complexity index is 1740. The van der Waals surface area contributed by atoms with E-state index in [1.54, 1.807) is 35.6 Å². The second kappa shape index (κ2) is 9.87. The highest BCUT2D eigenvalue weighted by molar-refractivity contribution is 6.06. The van der Waals surface area contributed by atoms with Gasteiger partial charge in [0, 0.05) is 30.7 Å². The van der Waals surface area contributed by atoms with Gasteiger partial charge in [-0.3, -0.25) is 9.78 Å². The minimum atomic E-state index is -0.372. The van der Waals surface area contributed by atoms with Gasteiger partial charge in [0.1, 0.15) is 17.8 Å². The second-order valence-corrected chi connectivity index (χ2v) is 8.50. The number of aromatic nitrogens is 5. The Kier molecular flexibility index (Phi) is 5.96. The first-order valence-corrected chi connectivity index (χ1v) is 11.8. The van der Waals surface area contributed by atoms with Crippen LogP contribution in [-0.2, 0) is 13.1 Å². The van der Waals surface area contributed by atoms with Crippen molar-refractivity contribution in [2.45, 2.75) is 13.1 Å². The number of pyridine rings is 3. The van der Waals surface area contributed by atoms with Crippen molar-refractivity contribution in [3.8, 4) is 11.3 Å². The molecule has 0 bridgehead atoms. The molecule has 0 aliphatic rings. The molecule has 1 amide bonds. The number of hydrogen-bond donors (Lipinski definition) is 0. The topological polar surface area (TPSA) is 91.1 Å². The summed E-state index contributed by atoms with van der Waals surface area (Å²) in [6.45, 7) is 0.988. The molecular weight excluding hydrogens is 464 g/mol. The summed E-state index contributed by atoms with van der Waals surface area (Å²) in [5, 5.41) is 5.13. The molecule has 0 fully saturated rings. The minimum Gasteiger partial charge on any atom is -0.467 e. The van der Waals surface area contributed by atoms with Crippen molar-refractivity contribution in [1.82, 2.24) is 24.3 Å². The average Bonchev–Trinajstić information content (AvgIpc) is 3.61. The van der Waals surface area contributed by atoms with E-state index in [1.165, 1.54) is 0 Å². The molecule has 6 aromatic rings. The molecule has 6 rings (SSSR count). The smallest absolute Gasteiger partial charge is 0.279 e. The molecule has 0 spiro atoms. The summed E-state index contributed by atoms with van der Waals surface area (Å²) in [5.74, 6) is 0.366. The molecule has 0 aliphatic carbocycles. The van der Waals surface area contributed by atoms with Crippen LogP contribution in [0.1, 0.15) is 21.7 Å². The molecule has 37 heavy (non-hydrogen) atoms. The standard InChI is InChI=1S/C29H22N6O2/c36-29(33-27-12-4-5-14-34(27)19-21-8-2-1-3-9-21)24-16-26(22-10-6-13-30-17-22)32-28-25(24)18-31-35(28)20-23-11-7-15-37-23/h1-18H,19-20H2. The van der Waals surface area contributed by atoms with E-state index in [0.717, 1.165) is 16.9 Å². The molecule has 0 saturated carbocycles. The lowest BCUT2D eigenvalue weighted by molar-refractivity contribution is 0.0998. The van der Waals surface area contributed by atoms with Crippen LogP contribution in [0, 0.1) is 0 Å². The maximum absolute atomic E-state index is 13.7. The summed E-state index contributed by atoms with van der Waals surface area (Å²) in [6, 6.07) is 24.9. The SMILES string of the molecule is O=C(N=c1ccccn1Cc1ccccc1)c1cc(-c2cccnc2)nc2c1cnn2Cc1ccco1. The summed E-state index contributed by atoms with van der Waals surface area (Å²) < 4.78 is 9.18. The van der Waals surface area contributed by atoms with Crippen molar-refractivity contribution >= 4 is 16.9 Å². The summed E-state index contributed by atoms with van der Waals surface area (Å²) in [4.78, 5) is 27.2. The van der Waals surface area contributed by atoms with Gasteiger partial charge in [0.2, 0.25) is 0 Å². The summed E-state index contributed by atoms with van der Waals surface area (Å²) in [5.41, 5.74) is 4.08. The third-order valence-electron chi connectivity index (χ3n) is 6.01. The van der Waals surface area contributed by atoms with Gasteiger partial charge in [0.25, 0.3) is 5.91 Å². The predicted octanol–water partition coefficient (Wildman–Crippen LogP) is 4.73. The van der Waals surface area contributed by atoms with Gasteiger partial charge in [-0.15, -0.1) is 0 Å². The molecule has 0 unspecified atom stereocenters. The summed E-state index contributed by atoms with van der Waals surface area (Å²) in [6.07, 6.45) is 8.62. The van der Waals surface area contributed by atoms with Crippen molar-refractivity contribution in [3.05, 3.63) is 132 Å². The molecule has 5 aromatic heterocycles. The normalized spacial score (nSPS) is 11.7. The van der Waals surface area contributed by atoms with E-state index in [0.29, 0.717) is 40.9 Å². The number of amides is 1. The lowest BCUT2D eigenvalue weighted by atomic mass is 10.1. The van der Waals surface area contributed by atoms with Gasteiger partial charge in [-0.25, -0.2) is 9.67 Å². The van der Waals surface area contributed by atoms with Crippen molar-refractivity contribution in [2.75, 3.05) is 0 Å². The number of fused-ring (bicyclic) bond motifs is 1. The third-order valence-corrected chi connectivity index (χ3v) is 6.01. The molecule has 8 heteroatoms. The minimum absolute atomic E-state index is 0.372. The van der Waals surface area contributed by atoms with Crippen LogP contribution >= 0.6 is 0 Å². The van der Waals surface area contributed by atoms with Crippen molar-refractivity contribution in [3.63, 3.8) is 0 Å². The first-order valence-electron chi connectivity index (χ1n) is 11.8. The predicted molar refractivity (Wildman–Crippen MR) is 138 cm³/mol. The first-order chi connectivity index (χ1) is 18.2. The van der Waals surface area contributed by atoms with Crippen LogP contribution in [0.2, 0.25) is 0 Å². The fourth-order valence-corrected chi connectivity index (χ4v) is 4.20. The summed E-state index contributed by atoms with van der Waals surface area (Å²) in [7, 11) is 0. The highest BCUT2D eigenvalue weighted by atomic mass is 16.3. The van der Waals surface area contributed by atoms with Gasteiger partial charge in [-0.1, -0.05) is 36.4 Å². The van der Waals surface area contributed by atoms with Crippen molar-refractivity contribution < 1.29 is 9.21 Å². The van der Waals surface area contributed by atoms with Crippen LogP contribution in [0.15, 0.2) is 119 Å². The molecule has 1 aromatic carbocycles. The van der Waals surface area contributed by atoms with Crippen molar-refractivity contribution in [1.29, 1.82) is 0 Å². The van der Waals surface area contributed by atoms with Crippen LogP contribution in [0.25, 0.3) is 22.3 Å². The van der Waals surface area contributed by atoms with Gasteiger partial charge < -0.3 is 8.98 Å². The number of hydrogen-bond acceptors (Lipinski definition) is 5. The highest BCUT2D eigenvalue weighted by Crippen LogP contribution is 2.25. The zero-order chi connectivity index (χ0) is 25.0. The lowest BCUT2D eigenvalue weighted by Crippen LogP contribution is -2.22. The number of carbonyl (C=O) groups is 1. The van der Waals surface area contributed by atoms with Crippen LogP contribution in [-0.4, -0.2) is 30.2 Å². The number of nitrogens with zero attached hydrogens (tertiary/aromatic N) is 6. The molecule has 0 N–H and O–H groups in total. The van der Waals surface area contributed by atoms with Gasteiger partial charge in [0.15, 0.2) is 5.65 Å². The Labute approximate surface area is 212 Å². The number of benzene rings is 1. The van der Waals surface area contributed by atoms with Crippen LogP contribution in [0.4, 0.5) is 0 Å².